The van der Waals surface area contributed by atoms with Crippen molar-refractivity contribution >= 4 is 63.9 Å². The van der Waals surface area contributed by atoms with Crippen LogP contribution in [-0.4, -0.2) is 0 Å². The Balaban J connectivity index is 2.54. The molecule has 0 amide bonds. The Hall–Kier alpha value is 2.75. The third kappa shape index (κ3) is 6.75. The number of hydrogen-bond donors (Lipinski definition) is 0. The minimum Gasteiger partial charge on any atom is -0.0958 e. The first-order valence-corrected chi connectivity index (χ1v) is 11.5. The molecule has 0 fully saturated rings. The lowest BCUT2D eigenvalue weighted by molar-refractivity contribution is 5.42. The van der Waals surface area contributed by atoms with Crippen molar-refractivity contribution in [2.75, 3.05) is 0 Å². The van der Waals surface area contributed by atoms with Crippen LogP contribution in [0.15, 0.2) is 0 Å². The van der Waals surface area contributed by atoms with Crippen molar-refractivity contribution in [1.29, 1.82) is 0 Å². The Morgan fingerprint density at radius 2 is 2.00 bits per heavy atom. The van der Waals surface area contributed by atoms with E-state index in [-0.39, 0.29) is 0 Å². The van der Waals surface area contributed by atoms with Crippen molar-refractivity contribution in [2.45, 2.75) is 0 Å². The summed E-state index contributed by atoms with van der Waals surface area (Å²) < 4.78 is 0. The average molecular weight is 350 g/mol. The second-order valence-corrected chi connectivity index (χ2v) is 19.6. The van der Waals surface area contributed by atoms with Crippen LogP contribution >= 0.6 is 63.9 Å². The lowest BCUT2D eigenvalue weighted by atomic mass is 29.6. The van der Waals surface area contributed by atoms with Crippen molar-refractivity contribution in [2.24, 2.45) is 0 Å². The first-order chi connectivity index (χ1) is 2.27. The van der Waals surface area contributed by atoms with Gasteiger partial charge in [0.05, 0.1) is 0 Å². The van der Waals surface area contributed by atoms with E-state index in [1.54, 1.807) is 0 Å². The van der Waals surface area contributed by atoms with Gasteiger partial charge in [0.1, 0.15) is 0 Å². The van der Waals surface area contributed by atoms with E-state index in [0.29, 0.717) is 4.94 Å². The van der Waals surface area contributed by atoms with E-state index in [9.17, 15) is 0 Å². The lowest BCUT2D eigenvalue weighted by Gasteiger charge is -1.87. The number of hydrogen-bond acceptors (Lipinski definition) is 0. The summed E-state index contributed by atoms with van der Waals surface area (Å²) >= 11 is 4.84. The summed E-state index contributed by atoms with van der Waals surface area (Å²) in [4.78, 5) is 0.303. The summed E-state index contributed by atoms with van der Waals surface area (Å²) in [6.45, 7) is 0. The molecule has 0 saturated heterocycles. The Bertz CT molecular complexity index is 18.9. The van der Waals surface area contributed by atoms with Crippen molar-refractivity contribution in [3.63, 3.8) is 0 Å². The predicted molar refractivity (Wildman–Crippen MR) is 53.0 cm³/mol. The van der Waals surface area contributed by atoms with Crippen LogP contribution in [-0.2, 0) is 0 Å². The molecule has 3 unspecified atom stereocenters. The fourth-order valence-electron chi connectivity index (χ4n) is 0. The largest absolute Gasteiger partial charge is 0.0958 e. The summed E-state index contributed by atoms with van der Waals surface area (Å²) in [6, 6.07) is 0. The number of halogens is 2. The molecule has 0 N–H and O–H groups in total. The molecule has 3 atom stereocenters. The maximum Gasteiger partial charge on any atom is 0.00980 e. The smallest absolute Gasteiger partial charge is 0.00980 e. The summed E-state index contributed by atoms with van der Waals surface area (Å²) in [5.74, 6) is 1.10. The molecule has 0 aliphatic rings. The van der Waals surface area contributed by atoms with Crippen LogP contribution in [0.5, 0.6) is 0 Å². The molecule has 0 aromatic rings. The molecule has 0 aromatic heterocycles. The molecular weight excluding hydrogens is 347 g/mol. The van der Waals surface area contributed by atoms with Crippen LogP contribution in [0, 0.1) is 0 Å². The number of rotatable bonds is 1. The van der Waals surface area contributed by atoms with Gasteiger partial charge in [-0.2, -0.15) is 0 Å². The Labute approximate surface area is 63.1 Å². The van der Waals surface area contributed by atoms with Crippen LogP contribution in [0.3, 0.4) is 0 Å². The molecule has 32 valence electrons. The van der Waals surface area contributed by atoms with Crippen molar-refractivity contribution < 1.29 is 0 Å². The predicted octanol–water partition coefficient (Wildman–Crippen LogP) is 3.55. The summed E-state index contributed by atoms with van der Waals surface area (Å²) in [7, 11) is 2.79. The zero-order chi connectivity index (χ0) is 4.28. The van der Waals surface area contributed by atoms with E-state index >= 15 is 0 Å². The minimum absolute atomic E-state index is 0.303. The molecule has 0 saturated carbocycles. The quantitative estimate of drug-likeness (QED) is 0.501. The fourth-order valence-corrected chi connectivity index (χ4v) is 0. The van der Waals surface area contributed by atoms with E-state index in [1.165, 1.54) is 0 Å². The standard InChI is InChI=1S/H3I2P3/c1-4-5(2)3/h4H,3H2. The highest BCUT2D eigenvalue weighted by Gasteiger charge is 1.83. The van der Waals surface area contributed by atoms with Gasteiger partial charge in [-0.15, -0.1) is 0 Å². The van der Waals surface area contributed by atoms with E-state index in [4.69, 9.17) is 0 Å². The van der Waals surface area contributed by atoms with E-state index in [2.05, 4.69) is 53.0 Å². The van der Waals surface area contributed by atoms with Gasteiger partial charge in [0.25, 0.3) is 0 Å². The molecule has 0 aromatic carbocycles. The molecule has 0 aliphatic carbocycles. The summed E-state index contributed by atoms with van der Waals surface area (Å²) in [5, 5.41) is 0. The Morgan fingerprint density at radius 3 is 2.00 bits per heavy atom. The van der Waals surface area contributed by atoms with Gasteiger partial charge in [0.2, 0.25) is 0 Å². The van der Waals surface area contributed by atoms with Gasteiger partial charge >= 0.3 is 0 Å². The monoisotopic (exact) mass is 350 g/mol. The Kier molecular flexibility index (Phi) is 7.59. The SMILES string of the molecule is PP(I)PI. The van der Waals surface area contributed by atoms with Gasteiger partial charge in [0, 0.05) is 4.94 Å². The van der Waals surface area contributed by atoms with E-state index < -0.39 is 0 Å². The molecule has 0 nitrogen and oxygen atoms in total. The van der Waals surface area contributed by atoms with Crippen LogP contribution in [0.4, 0.5) is 0 Å². The maximum atomic E-state index is 2.79. The molecule has 5 heteroatoms. The lowest BCUT2D eigenvalue weighted by Crippen LogP contribution is -0.981. The van der Waals surface area contributed by atoms with Crippen molar-refractivity contribution in [1.82, 2.24) is 0 Å². The molecule has 0 spiro atoms. The maximum absolute atomic E-state index is 2.79. The van der Waals surface area contributed by atoms with Crippen LogP contribution in [0.25, 0.3) is 0 Å². The molecule has 0 aliphatic heterocycles. The minimum atomic E-state index is 0.303. The average Bonchev–Trinajstić information content (AvgIpc) is 1.38. The molecule has 0 rings (SSSR count). The highest BCUT2D eigenvalue weighted by atomic mass is 127. The highest BCUT2D eigenvalue weighted by Crippen LogP contribution is 2.72. The molecular formula is H3I2P3. The van der Waals surface area contributed by atoms with Crippen molar-refractivity contribution in [3.8, 4) is 0 Å². The second-order valence-electron chi connectivity index (χ2n) is 0.396. The van der Waals surface area contributed by atoms with Gasteiger partial charge < -0.3 is 0 Å². The zero-order valence-electron chi connectivity index (χ0n) is 2.28. The third-order valence-corrected chi connectivity index (χ3v) is 21.8. The van der Waals surface area contributed by atoms with E-state index in [1.807, 2.05) is 0 Å². The third-order valence-electron chi connectivity index (χ3n) is 0.0807. The second kappa shape index (κ2) is 4.90. The molecule has 0 bridgehead atoms. The van der Waals surface area contributed by atoms with E-state index in [0.717, 1.165) is 5.91 Å². The van der Waals surface area contributed by atoms with Crippen molar-refractivity contribution in [3.05, 3.63) is 0 Å². The molecule has 0 radical (unpaired) electrons. The van der Waals surface area contributed by atoms with Gasteiger partial charge in [-0.1, -0.05) is 31.0 Å². The van der Waals surface area contributed by atoms with Gasteiger partial charge in [-0.05, 0) is 28.0 Å². The van der Waals surface area contributed by atoms with Gasteiger partial charge in [-0.3, -0.25) is 0 Å². The zero-order valence-corrected chi connectivity index (χ0v) is 9.64. The van der Waals surface area contributed by atoms with Gasteiger partial charge in [-0.25, -0.2) is 0 Å². The van der Waals surface area contributed by atoms with Gasteiger partial charge in [0.15, 0.2) is 0 Å². The normalized spacial score (nSPS) is 17.4. The Morgan fingerprint density at radius 1 is 1.80 bits per heavy atom. The fraction of sp³-hybridized carbons (Fsp3) is 0. The topological polar surface area (TPSA) is 0 Å². The summed E-state index contributed by atoms with van der Waals surface area (Å²) in [5.41, 5.74) is 0. The first-order valence-electron chi connectivity index (χ1n) is 0.840. The van der Waals surface area contributed by atoms with Crippen LogP contribution in [0.1, 0.15) is 0 Å². The van der Waals surface area contributed by atoms with Crippen LogP contribution < -0.4 is 0 Å². The van der Waals surface area contributed by atoms with Crippen LogP contribution in [0.2, 0.25) is 0 Å². The molecule has 5 heavy (non-hydrogen) atoms. The highest BCUT2D eigenvalue weighted by molar-refractivity contribution is 14.2. The summed E-state index contributed by atoms with van der Waals surface area (Å²) in [6.07, 6.45) is 0. The molecule has 0 heterocycles. The first kappa shape index (κ1) is 7.75.